The minimum absolute atomic E-state index is 0.456. The average Bonchev–Trinajstić information content (AvgIpc) is 2.46. The molecule has 0 saturated carbocycles. The average molecular weight is 284 g/mol. The quantitative estimate of drug-likeness (QED) is 0.848. The van der Waals surface area contributed by atoms with Gasteiger partial charge in [0.25, 0.3) is 0 Å². The van der Waals surface area contributed by atoms with Crippen molar-refractivity contribution < 1.29 is 4.74 Å². The molecule has 3 nitrogen and oxygen atoms in total. The monoisotopic (exact) mass is 284 g/mol. The Morgan fingerprint density at radius 3 is 2.57 bits per heavy atom. The molecule has 0 amide bonds. The molecule has 2 aromatic rings. The van der Waals surface area contributed by atoms with E-state index in [2.05, 4.69) is 50.1 Å². The molecule has 1 heterocycles. The van der Waals surface area contributed by atoms with E-state index < -0.39 is 0 Å². The molecule has 0 spiro atoms. The molecule has 0 unspecified atom stereocenters. The lowest BCUT2D eigenvalue weighted by molar-refractivity contribution is 0.477. The lowest BCUT2D eigenvalue weighted by Crippen LogP contribution is -2.21. The zero-order chi connectivity index (χ0) is 15.2. The van der Waals surface area contributed by atoms with Gasteiger partial charge in [0, 0.05) is 18.8 Å². The Morgan fingerprint density at radius 1 is 1.05 bits per heavy atom. The summed E-state index contributed by atoms with van der Waals surface area (Å²) in [5.41, 5.74) is 2.40. The first-order valence-corrected chi connectivity index (χ1v) is 7.49. The van der Waals surface area contributed by atoms with E-state index >= 15 is 0 Å². The lowest BCUT2D eigenvalue weighted by atomic mass is 10.0. The SMILES string of the molecule is CC(C)NCc1cncc(Oc2cccc(C(C)C)c2)c1. The third-order valence-electron chi connectivity index (χ3n) is 3.24. The van der Waals surface area contributed by atoms with Crippen molar-refractivity contribution in [3.8, 4) is 11.5 Å². The Balaban J connectivity index is 2.09. The topological polar surface area (TPSA) is 34.2 Å². The van der Waals surface area contributed by atoms with Crippen LogP contribution >= 0.6 is 0 Å². The standard InChI is InChI=1S/C18H24N2O/c1-13(2)16-6-5-7-17(9-16)21-18-8-15(10-19-12-18)11-20-14(3)4/h5-10,12-14,20H,11H2,1-4H3. The van der Waals surface area contributed by atoms with Gasteiger partial charge in [0.15, 0.2) is 0 Å². The summed E-state index contributed by atoms with van der Waals surface area (Å²) in [5, 5.41) is 3.38. The van der Waals surface area contributed by atoms with E-state index in [1.54, 1.807) is 6.20 Å². The van der Waals surface area contributed by atoms with Gasteiger partial charge in [0.2, 0.25) is 0 Å². The number of hydrogen-bond donors (Lipinski definition) is 1. The van der Waals surface area contributed by atoms with E-state index in [4.69, 9.17) is 4.74 Å². The summed E-state index contributed by atoms with van der Waals surface area (Å²) in [5.74, 6) is 2.13. The molecule has 112 valence electrons. The second-order valence-corrected chi connectivity index (χ2v) is 5.89. The summed E-state index contributed by atoms with van der Waals surface area (Å²) >= 11 is 0. The van der Waals surface area contributed by atoms with Crippen molar-refractivity contribution in [3.63, 3.8) is 0 Å². The lowest BCUT2D eigenvalue weighted by Gasteiger charge is -2.11. The third-order valence-corrected chi connectivity index (χ3v) is 3.24. The van der Waals surface area contributed by atoms with Crippen LogP contribution in [0.1, 0.15) is 44.7 Å². The van der Waals surface area contributed by atoms with Gasteiger partial charge in [-0.05, 0) is 35.2 Å². The molecule has 1 N–H and O–H groups in total. The summed E-state index contributed by atoms with van der Waals surface area (Å²) in [7, 11) is 0. The number of aromatic nitrogens is 1. The van der Waals surface area contributed by atoms with Crippen molar-refractivity contribution in [2.24, 2.45) is 0 Å². The second kappa shape index (κ2) is 7.23. The fourth-order valence-corrected chi connectivity index (χ4v) is 2.01. The number of nitrogens with one attached hydrogen (secondary N) is 1. The Bertz CT molecular complexity index is 579. The van der Waals surface area contributed by atoms with Crippen LogP contribution in [0.5, 0.6) is 11.5 Å². The highest BCUT2D eigenvalue weighted by Gasteiger charge is 2.04. The molecule has 0 aliphatic heterocycles. The maximum Gasteiger partial charge on any atom is 0.146 e. The number of ether oxygens (including phenoxy) is 1. The Morgan fingerprint density at radius 2 is 1.86 bits per heavy atom. The Hall–Kier alpha value is -1.87. The van der Waals surface area contributed by atoms with Gasteiger partial charge in [0.05, 0.1) is 6.20 Å². The highest BCUT2D eigenvalue weighted by Crippen LogP contribution is 2.25. The van der Waals surface area contributed by atoms with Crippen molar-refractivity contribution in [1.82, 2.24) is 10.3 Å². The van der Waals surface area contributed by atoms with Crippen molar-refractivity contribution in [2.45, 2.75) is 46.2 Å². The van der Waals surface area contributed by atoms with Crippen LogP contribution in [0.2, 0.25) is 0 Å². The van der Waals surface area contributed by atoms with Crippen LogP contribution in [0.25, 0.3) is 0 Å². The summed E-state index contributed by atoms with van der Waals surface area (Å²) in [6.45, 7) is 9.42. The fraction of sp³-hybridized carbons (Fsp3) is 0.389. The van der Waals surface area contributed by atoms with Crippen LogP contribution in [-0.4, -0.2) is 11.0 Å². The van der Waals surface area contributed by atoms with Crippen molar-refractivity contribution in [2.75, 3.05) is 0 Å². The molecule has 0 fully saturated rings. The molecule has 2 rings (SSSR count). The molecule has 0 atom stereocenters. The smallest absolute Gasteiger partial charge is 0.146 e. The fourth-order valence-electron chi connectivity index (χ4n) is 2.01. The zero-order valence-electron chi connectivity index (χ0n) is 13.3. The van der Waals surface area contributed by atoms with E-state index in [-0.39, 0.29) is 0 Å². The van der Waals surface area contributed by atoms with E-state index in [9.17, 15) is 0 Å². The number of pyridine rings is 1. The summed E-state index contributed by atoms with van der Waals surface area (Å²) in [4.78, 5) is 4.25. The molecule has 0 radical (unpaired) electrons. The van der Waals surface area contributed by atoms with E-state index in [1.807, 2.05) is 24.4 Å². The van der Waals surface area contributed by atoms with Gasteiger partial charge >= 0.3 is 0 Å². The molecule has 0 aliphatic rings. The van der Waals surface area contributed by atoms with Gasteiger partial charge in [0.1, 0.15) is 11.5 Å². The van der Waals surface area contributed by atoms with E-state index in [1.165, 1.54) is 5.56 Å². The van der Waals surface area contributed by atoms with Gasteiger partial charge in [-0.15, -0.1) is 0 Å². The molecule has 0 saturated heterocycles. The van der Waals surface area contributed by atoms with Crippen molar-refractivity contribution in [3.05, 3.63) is 53.9 Å². The van der Waals surface area contributed by atoms with Crippen LogP contribution < -0.4 is 10.1 Å². The molecule has 3 heteroatoms. The maximum absolute atomic E-state index is 5.93. The number of rotatable bonds is 6. The summed E-state index contributed by atoms with van der Waals surface area (Å²) < 4.78 is 5.93. The first kappa shape index (κ1) is 15.5. The van der Waals surface area contributed by atoms with Gasteiger partial charge in [-0.3, -0.25) is 4.98 Å². The maximum atomic E-state index is 5.93. The van der Waals surface area contributed by atoms with E-state index in [0.29, 0.717) is 12.0 Å². The van der Waals surface area contributed by atoms with Crippen LogP contribution in [0.15, 0.2) is 42.7 Å². The van der Waals surface area contributed by atoms with Gasteiger partial charge < -0.3 is 10.1 Å². The molecule has 0 bridgehead atoms. The first-order chi connectivity index (χ1) is 10.0. The molecular formula is C18H24N2O. The molecular weight excluding hydrogens is 260 g/mol. The zero-order valence-corrected chi connectivity index (χ0v) is 13.3. The molecule has 21 heavy (non-hydrogen) atoms. The summed E-state index contributed by atoms with van der Waals surface area (Å²) in [6.07, 6.45) is 3.62. The first-order valence-electron chi connectivity index (χ1n) is 7.49. The molecule has 1 aromatic carbocycles. The van der Waals surface area contributed by atoms with Crippen LogP contribution in [0, 0.1) is 0 Å². The Kier molecular flexibility index (Phi) is 5.34. The largest absolute Gasteiger partial charge is 0.456 e. The molecule has 1 aromatic heterocycles. The number of benzene rings is 1. The van der Waals surface area contributed by atoms with Crippen LogP contribution in [0.3, 0.4) is 0 Å². The van der Waals surface area contributed by atoms with E-state index in [0.717, 1.165) is 23.6 Å². The summed E-state index contributed by atoms with van der Waals surface area (Å²) in [6, 6.07) is 10.7. The minimum Gasteiger partial charge on any atom is -0.456 e. The highest BCUT2D eigenvalue weighted by atomic mass is 16.5. The predicted octanol–water partition coefficient (Wildman–Crippen LogP) is 4.50. The Labute approximate surface area is 127 Å². The van der Waals surface area contributed by atoms with Crippen LogP contribution in [0.4, 0.5) is 0 Å². The van der Waals surface area contributed by atoms with Crippen molar-refractivity contribution >= 4 is 0 Å². The normalized spacial score (nSPS) is 11.1. The predicted molar refractivity (Wildman–Crippen MR) is 86.8 cm³/mol. The number of hydrogen-bond acceptors (Lipinski definition) is 3. The highest BCUT2D eigenvalue weighted by molar-refractivity contribution is 5.35. The van der Waals surface area contributed by atoms with Crippen LogP contribution in [-0.2, 0) is 6.54 Å². The van der Waals surface area contributed by atoms with Crippen molar-refractivity contribution in [1.29, 1.82) is 0 Å². The minimum atomic E-state index is 0.456. The third kappa shape index (κ3) is 4.87. The van der Waals surface area contributed by atoms with Gasteiger partial charge in [-0.1, -0.05) is 39.8 Å². The second-order valence-electron chi connectivity index (χ2n) is 5.89. The number of nitrogens with zero attached hydrogens (tertiary/aromatic N) is 1. The van der Waals surface area contributed by atoms with Gasteiger partial charge in [-0.25, -0.2) is 0 Å². The van der Waals surface area contributed by atoms with Gasteiger partial charge in [-0.2, -0.15) is 0 Å². The molecule has 0 aliphatic carbocycles.